The minimum absolute atomic E-state index is 0.0216. The third kappa shape index (κ3) is 3.95. The summed E-state index contributed by atoms with van der Waals surface area (Å²) in [5, 5.41) is 0.611. The molecule has 1 radical (unpaired) electrons. The van der Waals surface area contributed by atoms with Crippen LogP contribution in [-0.2, 0) is 15.1 Å². The van der Waals surface area contributed by atoms with E-state index in [2.05, 4.69) is 35.2 Å². The van der Waals surface area contributed by atoms with Crippen LogP contribution in [0.2, 0.25) is 5.02 Å². The zero-order valence-corrected chi connectivity index (χ0v) is 16.8. The summed E-state index contributed by atoms with van der Waals surface area (Å²) in [6.07, 6.45) is 3.52. The number of hydrogen-bond acceptors (Lipinski definition) is 3. The lowest BCUT2D eigenvalue weighted by Gasteiger charge is -2.50. The van der Waals surface area contributed by atoms with Crippen molar-refractivity contribution in [2.75, 3.05) is 39.4 Å². The summed E-state index contributed by atoms with van der Waals surface area (Å²) in [6.45, 7) is 4.91. The summed E-state index contributed by atoms with van der Waals surface area (Å²) in [5.74, 6) is 0.0386. The highest BCUT2D eigenvalue weighted by atomic mass is 35.5. The number of nitrogens with zero attached hydrogens (tertiary/aromatic N) is 2. The average Bonchev–Trinajstić information content (AvgIpc) is 2.76. The van der Waals surface area contributed by atoms with Crippen LogP contribution in [0, 0.1) is 6.42 Å². The van der Waals surface area contributed by atoms with E-state index in [4.69, 9.17) is 16.3 Å². The molecule has 2 fully saturated rings. The molecule has 2 aliphatic heterocycles. The van der Waals surface area contributed by atoms with Crippen molar-refractivity contribution >= 4 is 17.5 Å². The second kappa shape index (κ2) is 8.64. The summed E-state index contributed by atoms with van der Waals surface area (Å²) < 4.78 is 5.58. The maximum Gasteiger partial charge on any atom is 0.231 e. The Labute approximate surface area is 172 Å². The topological polar surface area (TPSA) is 32.8 Å². The molecule has 0 saturated carbocycles. The Morgan fingerprint density at radius 2 is 1.57 bits per heavy atom. The van der Waals surface area contributed by atoms with Gasteiger partial charge in [-0.25, -0.2) is 0 Å². The van der Waals surface area contributed by atoms with Gasteiger partial charge >= 0.3 is 0 Å². The molecule has 4 rings (SSSR count). The lowest BCUT2D eigenvalue weighted by Crippen LogP contribution is -2.57. The van der Waals surface area contributed by atoms with Gasteiger partial charge in [0.2, 0.25) is 5.91 Å². The number of carbonyl (C=O) groups is 1. The van der Waals surface area contributed by atoms with Gasteiger partial charge in [0, 0.05) is 36.7 Å². The highest BCUT2D eigenvalue weighted by Crippen LogP contribution is 2.39. The zero-order valence-electron chi connectivity index (χ0n) is 16.0. The van der Waals surface area contributed by atoms with Crippen molar-refractivity contribution in [1.29, 1.82) is 0 Å². The molecule has 2 saturated heterocycles. The SMILES string of the molecule is O=C([CH]c1ccccc1Cl)N1CCC(c2ccccc2)(N2CCOCC2)CC1. The minimum atomic E-state index is -0.0216. The molecule has 0 bridgehead atoms. The first-order valence-corrected chi connectivity index (χ1v) is 10.3. The van der Waals surface area contributed by atoms with E-state index >= 15 is 0 Å². The predicted octanol–water partition coefficient (Wildman–Crippen LogP) is 3.74. The van der Waals surface area contributed by atoms with E-state index < -0.39 is 0 Å². The monoisotopic (exact) mass is 397 g/mol. The summed E-state index contributed by atoms with van der Waals surface area (Å²) in [7, 11) is 0. The molecule has 0 spiro atoms. The number of morpholine rings is 1. The first kappa shape index (κ1) is 19.4. The van der Waals surface area contributed by atoms with Crippen molar-refractivity contribution in [3.05, 3.63) is 77.2 Å². The molecule has 0 N–H and O–H groups in total. The van der Waals surface area contributed by atoms with Crippen LogP contribution in [0.3, 0.4) is 0 Å². The van der Waals surface area contributed by atoms with Gasteiger partial charge in [-0.1, -0.05) is 60.1 Å². The third-order valence-electron chi connectivity index (χ3n) is 6.01. The van der Waals surface area contributed by atoms with E-state index in [0.717, 1.165) is 57.8 Å². The van der Waals surface area contributed by atoms with Crippen molar-refractivity contribution in [1.82, 2.24) is 9.80 Å². The number of piperidine rings is 1. The van der Waals surface area contributed by atoms with E-state index in [9.17, 15) is 4.79 Å². The number of rotatable bonds is 4. The van der Waals surface area contributed by atoms with Gasteiger partial charge < -0.3 is 9.64 Å². The van der Waals surface area contributed by atoms with E-state index in [1.165, 1.54) is 5.56 Å². The van der Waals surface area contributed by atoms with Crippen molar-refractivity contribution in [2.24, 2.45) is 0 Å². The Morgan fingerprint density at radius 1 is 0.929 bits per heavy atom. The number of amides is 1. The van der Waals surface area contributed by atoms with E-state index in [1.807, 2.05) is 29.2 Å². The van der Waals surface area contributed by atoms with Crippen LogP contribution < -0.4 is 0 Å². The third-order valence-corrected chi connectivity index (χ3v) is 6.36. The van der Waals surface area contributed by atoms with E-state index in [1.54, 1.807) is 6.42 Å². The molecule has 0 unspecified atom stereocenters. The standard InChI is InChI=1S/C23H26ClN2O2/c24-21-9-5-4-6-19(21)18-22(27)25-12-10-23(11-13-25,20-7-2-1-3-8-20)26-14-16-28-17-15-26/h1-9,18H,10-17H2. The van der Waals surface area contributed by atoms with Gasteiger partial charge in [0.25, 0.3) is 0 Å². The van der Waals surface area contributed by atoms with Crippen LogP contribution in [0.1, 0.15) is 24.0 Å². The number of ether oxygens (including phenoxy) is 1. The number of halogens is 1. The van der Waals surface area contributed by atoms with Gasteiger partial charge in [-0.3, -0.25) is 9.69 Å². The van der Waals surface area contributed by atoms with Gasteiger partial charge in [-0.15, -0.1) is 0 Å². The molecule has 2 aromatic rings. The fourth-order valence-corrected chi connectivity index (χ4v) is 4.63. The van der Waals surface area contributed by atoms with Gasteiger partial charge in [0.15, 0.2) is 0 Å². The highest BCUT2D eigenvalue weighted by molar-refractivity contribution is 6.31. The van der Waals surface area contributed by atoms with Crippen LogP contribution in [0.5, 0.6) is 0 Å². The zero-order chi connectivity index (χ0) is 19.4. The number of likely N-dealkylation sites (tertiary alicyclic amines) is 1. The fourth-order valence-electron chi connectivity index (χ4n) is 4.44. The molecular weight excluding hydrogens is 372 g/mol. The predicted molar refractivity (Wildman–Crippen MR) is 111 cm³/mol. The quantitative estimate of drug-likeness (QED) is 0.787. The first-order valence-electron chi connectivity index (χ1n) is 9.96. The summed E-state index contributed by atoms with van der Waals surface area (Å²) in [4.78, 5) is 17.3. The smallest absolute Gasteiger partial charge is 0.231 e. The molecule has 1 amide bonds. The number of hydrogen-bond donors (Lipinski definition) is 0. The summed E-state index contributed by atoms with van der Waals surface area (Å²) in [6, 6.07) is 18.2. The molecule has 0 atom stereocenters. The molecule has 4 nitrogen and oxygen atoms in total. The van der Waals surface area contributed by atoms with Crippen LogP contribution in [0.15, 0.2) is 54.6 Å². The lowest BCUT2D eigenvalue weighted by molar-refractivity contribution is -0.131. The molecule has 0 aliphatic carbocycles. The number of carbonyl (C=O) groups excluding carboxylic acids is 1. The van der Waals surface area contributed by atoms with Gasteiger partial charge in [-0.05, 0) is 30.0 Å². The minimum Gasteiger partial charge on any atom is -0.379 e. The van der Waals surface area contributed by atoms with E-state index in [0.29, 0.717) is 5.02 Å². The first-order chi connectivity index (χ1) is 13.7. The lowest BCUT2D eigenvalue weighted by atomic mass is 9.79. The summed E-state index contributed by atoms with van der Waals surface area (Å²) in [5.41, 5.74) is 2.10. The molecule has 5 heteroatoms. The van der Waals surface area contributed by atoms with Crippen molar-refractivity contribution < 1.29 is 9.53 Å². The van der Waals surface area contributed by atoms with Crippen LogP contribution >= 0.6 is 11.6 Å². The largest absolute Gasteiger partial charge is 0.379 e. The van der Waals surface area contributed by atoms with Gasteiger partial charge in [0.05, 0.1) is 19.6 Å². The Bertz CT molecular complexity index is 797. The second-order valence-corrected chi connectivity index (χ2v) is 7.90. The Hall–Kier alpha value is -1.88. The summed E-state index contributed by atoms with van der Waals surface area (Å²) >= 11 is 6.21. The average molecular weight is 398 g/mol. The maximum absolute atomic E-state index is 12.8. The van der Waals surface area contributed by atoms with Crippen LogP contribution in [0.25, 0.3) is 0 Å². The molecule has 2 aromatic carbocycles. The van der Waals surface area contributed by atoms with Crippen LogP contribution in [-0.4, -0.2) is 55.1 Å². The second-order valence-electron chi connectivity index (χ2n) is 7.49. The highest BCUT2D eigenvalue weighted by Gasteiger charge is 2.42. The molecule has 2 aliphatic rings. The number of benzene rings is 2. The molecule has 0 aromatic heterocycles. The van der Waals surface area contributed by atoms with E-state index in [-0.39, 0.29) is 11.4 Å². The Balaban J connectivity index is 1.49. The molecule has 147 valence electrons. The molecule has 2 heterocycles. The van der Waals surface area contributed by atoms with Crippen molar-refractivity contribution in [3.63, 3.8) is 0 Å². The Morgan fingerprint density at radius 3 is 2.25 bits per heavy atom. The van der Waals surface area contributed by atoms with Crippen molar-refractivity contribution in [2.45, 2.75) is 18.4 Å². The van der Waals surface area contributed by atoms with Crippen molar-refractivity contribution in [3.8, 4) is 0 Å². The Kier molecular flexibility index (Phi) is 6.00. The van der Waals surface area contributed by atoms with Crippen LogP contribution in [0.4, 0.5) is 0 Å². The van der Waals surface area contributed by atoms with Gasteiger partial charge in [-0.2, -0.15) is 0 Å². The fraction of sp³-hybridized carbons (Fsp3) is 0.391. The normalized spacial score (nSPS) is 20.1. The van der Waals surface area contributed by atoms with Gasteiger partial charge in [0.1, 0.15) is 0 Å². The molecule has 28 heavy (non-hydrogen) atoms. The molecular formula is C23H26ClN2O2. The maximum atomic E-state index is 12.8.